The lowest BCUT2D eigenvalue weighted by atomic mass is 9.97. The van der Waals surface area contributed by atoms with Gasteiger partial charge in [-0.05, 0) is 60.9 Å². The fourth-order valence-electron chi connectivity index (χ4n) is 4.82. The van der Waals surface area contributed by atoms with Crippen molar-refractivity contribution < 1.29 is 4.74 Å². The number of aliphatic imine (C=N–C) groups is 1. The molecule has 5 rings (SSSR count). The summed E-state index contributed by atoms with van der Waals surface area (Å²) in [6.07, 6.45) is 4.98. The van der Waals surface area contributed by atoms with Crippen molar-refractivity contribution in [3.8, 4) is 5.88 Å². The first-order valence-electron chi connectivity index (χ1n) is 11.6. The van der Waals surface area contributed by atoms with Crippen LogP contribution in [0.3, 0.4) is 0 Å². The van der Waals surface area contributed by atoms with Crippen molar-refractivity contribution in [2.45, 2.75) is 26.4 Å². The molecule has 2 aromatic rings. The molecule has 172 valence electrons. The average molecular weight is 445 g/mol. The molecule has 0 unspecified atom stereocenters. The highest BCUT2D eigenvalue weighted by Gasteiger charge is 2.24. The third-order valence-corrected chi connectivity index (χ3v) is 6.67. The van der Waals surface area contributed by atoms with Gasteiger partial charge in [0.25, 0.3) is 0 Å². The third-order valence-electron chi connectivity index (χ3n) is 6.67. The fourth-order valence-corrected chi connectivity index (χ4v) is 4.82. The van der Waals surface area contributed by atoms with Crippen molar-refractivity contribution in [2.24, 2.45) is 4.99 Å². The number of nitrogens with one attached hydrogen (secondary N) is 2. The van der Waals surface area contributed by atoms with Gasteiger partial charge in [0.2, 0.25) is 5.88 Å². The molecular weight excluding hydrogens is 412 g/mol. The maximum Gasteiger partial charge on any atom is 0.237 e. The minimum atomic E-state index is 0.655. The van der Waals surface area contributed by atoms with Gasteiger partial charge < -0.3 is 20.3 Å². The summed E-state index contributed by atoms with van der Waals surface area (Å²) in [7, 11) is 3.98. The first-order valence-corrected chi connectivity index (χ1v) is 11.6. The Hall–Kier alpha value is -3.32. The van der Waals surface area contributed by atoms with Gasteiger partial charge in [-0.15, -0.1) is 0 Å². The van der Waals surface area contributed by atoms with E-state index in [1.807, 2.05) is 13.2 Å². The molecule has 0 atom stereocenters. The van der Waals surface area contributed by atoms with Gasteiger partial charge in [-0.2, -0.15) is 0 Å². The van der Waals surface area contributed by atoms with E-state index < -0.39 is 0 Å². The summed E-state index contributed by atoms with van der Waals surface area (Å²) in [6, 6.07) is 6.59. The zero-order chi connectivity index (χ0) is 22.9. The molecule has 1 saturated heterocycles. The predicted octanol–water partition coefficient (Wildman–Crippen LogP) is 3.97. The number of piperidine rings is 1. The van der Waals surface area contributed by atoms with Crippen molar-refractivity contribution in [1.29, 1.82) is 0 Å². The van der Waals surface area contributed by atoms with Crippen LogP contribution in [0.25, 0.3) is 0 Å². The summed E-state index contributed by atoms with van der Waals surface area (Å²) in [4.78, 5) is 13.8. The highest BCUT2D eigenvalue weighted by atomic mass is 16.5. The number of ether oxygens (including phenoxy) is 1. The quantitative estimate of drug-likeness (QED) is 0.552. The number of amidine groups is 1. The van der Waals surface area contributed by atoms with Gasteiger partial charge in [0.05, 0.1) is 11.9 Å². The number of rotatable bonds is 3. The number of hydrogen-bond donors (Lipinski definition) is 2. The van der Waals surface area contributed by atoms with E-state index in [1.54, 1.807) is 0 Å². The summed E-state index contributed by atoms with van der Waals surface area (Å²) in [5.74, 6) is 1.54. The van der Waals surface area contributed by atoms with Gasteiger partial charge in [0.1, 0.15) is 18.1 Å². The van der Waals surface area contributed by atoms with Crippen LogP contribution in [0.2, 0.25) is 0 Å². The maximum atomic E-state index is 5.70. The Balaban J connectivity index is 1.35. The summed E-state index contributed by atoms with van der Waals surface area (Å²) in [6.45, 7) is 11.6. The summed E-state index contributed by atoms with van der Waals surface area (Å²) in [5.41, 5.74) is 9.53. The summed E-state index contributed by atoms with van der Waals surface area (Å²) in [5, 5.41) is 6.95. The largest absolute Gasteiger partial charge is 0.474 e. The lowest BCUT2D eigenvalue weighted by Crippen LogP contribution is -2.33. The van der Waals surface area contributed by atoms with Crippen molar-refractivity contribution >= 4 is 22.9 Å². The number of pyridine rings is 1. The topological polar surface area (TPSA) is 65.0 Å². The number of benzene rings is 1. The fraction of sp³-hybridized carbons (Fsp3) is 0.385. The Morgan fingerprint density at radius 1 is 1.27 bits per heavy atom. The molecule has 3 aliphatic heterocycles. The van der Waals surface area contributed by atoms with Crippen molar-refractivity contribution in [3.05, 3.63) is 64.9 Å². The van der Waals surface area contributed by atoms with Crippen molar-refractivity contribution in [1.82, 2.24) is 9.88 Å². The predicted molar refractivity (Wildman–Crippen MR) is 136 cm³/mol. The molecule has 0 saturated carbocycles. The van der Waals surface area contributed by atoms with Crippen LogP contribution in [-0.2, 0) is 13.1 Å². The molecule has 7 heteroatoms. The van der Waals surface area contributed by atoms with Crippen LogP contribution in [-0.4, -0.2) is 56.1 Å². The molecule has 7 nitrogen and oxygen atoms in total. The summed E-state index contributed by atoms with van der Waals surface area (Å²) >= 11 is 0. The molecule has 1 fully saturated rings. The second-order valence-corrected chi connectivity index (χ2v) is 9.06. The lowest BCUT2D eigenvalue weighted by Gasteiger charge is -2.34. The second-order valence-electron chi connectivity index (χ2n) is 9.06. The van der Waals surface area contributed by atoms with Crippen LogP contribution >= 0.6 is 0 Å². The zero-order valence-electron chi connectivity index (χ0n) is 19.7. The monoisotopic (exact) mass is 444 g/mol. The molecule has 0 bridgehead atoms. The Labute approximate surface area is 195 Å². The Bertz CT molecular complexity index is 1150. The van der Waals surface area contributed by atoms with E-state index in [2.05, 4.69) is 75.2 Å². The molecule has 1 aromatic heterocycles. The van der Waals surface area contributed by atoms with E-state index in [4.69, 9.17) is 4.74 Å². The number of hydrogen-bond acceptors (Lipinski definition) is 6. The molecular formula is C26H32N6O. The van der Waals surface area contributed by atoms with Crippen LogP contribution in [0, 0.1) is 6.92 Å². The van der Waals surface area contributed by atoms with Gasteiger partial charge in [0.15, 0.2) is 0 Å². The highest BCUT2D eigenvalue weighted by Crippen LogP contribution is 2.36. The normalized spacial score (nSPS) is 19.7. The molecule has 3 aliphatic rings. The smallest absolute Gasteiger partial charge is 0.237 e. The number of nitrogens with zero attached hydrogens (tertiary/aromatic N) is 4. The average Bonchev–Trinajstić information content (AvgIpc) is 3.20. The van der Waals surface area contributed by atoms with E-state index in [0.29, 0.717) is 12.5 Å². The molecule has 2 N–H and O–H groups in total. The number of anilines is 3. The van der Waals surface area contributed by atoms with Crippen LogP contribution in [0.4, 0.5) is 17.1 Å². The Morgan fingerprint density at radius 2 is 2.12 bits per heavy atom. The first-order chi connectivity index (χ1) is 16.0. The molecule has 0 spiro atoms. The Morgan fingerprint density at radius 3 is 2.97 bits per heavy atom. The van der Waals surface area contributed by atoms with Gasteiger partial charge in [-0.3, -0.25) is 9.89 Å². The molecule has 4 heterocycles. The second kappa shape index (κ2) is 8.90. The lowest BCUT2D eigenvalue weighted by molar-refractivity contribution is 0.310. The van der Waals surface area contributed by atoms with Crippen molar-refractivity contribution in [2.75, 3.05) is 55.9 Å². The van der Waals surface area contributed by atoms with Crippen LogP contribution in [0.15, 0.2) is 53.2 Å². The molecule has 1 aromatic carbocycles. The number of fused-ring (bicyclic) bond motifs is 2. The van der Waals surface area contributed by atoms with Gasteiger partial charge in [-0.25, -0.2) is 4.98 Å². The van der Waals surface area contributed by atoms with E-state index in [9.17, 15) is 0 Å². The van der Waals surface area contributed by atoms with Gasteiger partial charge in [-0.1, -0.05) is 12.6 Å². The first kappa shape index (κ1) is 21.5. The zero-order valence-corrected chi connectivity index (χ0v) is 19.7. The van der Waals surface area contributed by atoms with E-state index >= 15 is 0 Å². The van der Waals surface area contributed by atoms with E-state index in [-0.39, 0.29) is 0 Å². The molecule has 0 aliphatic carbocycles. The molecule has 33 heavy (non-hydrogen) atoms. The van der Waals surface area contributed by atoms with E-state index in [1.165, 1.54) is 22.3 Å². The van der Waals surface area contributed by atoms with Crippen molar-refractivity contribution in [3.63, 3.8) is 0 Å². The standard InChI is InChI=1S/C26H32N6O/c1-17-7-9-32(23-13-29-26-25(18(23)2)28-8-10-33-26)16-20(17)12-24(27-3)30-22-6-5-19-14-31(4)15-21(19)11-22/h5-6,11-13,28H,1,7-10,14-16H2,2-4H3,(H,27,30)/b20-12-. The molecule has 0 radical (unpaired) electrons. The van der Waals surface area contributed by atoms with Crippen LogP contribution in [0.1, 0.15) is 23.1 Å². The summed E-state index contributed by atoms with van der Waals surface area (Å²) < 4.78 is 5.70. The Kier molecular flexibility index (Phi) is 5.81. The van der Waals surface area contributed by atoms with E-state index in [0.717, 1.165) is 67.6 Å². The maximum absolute atomic E-state index is 5.70. The number of aromatic nitrogens is 1. The van der Waals surface area contributed by atoms with Gasteiger partial charge >= 0.3 is 0 Å². The molecule has 0 amide bonds. The third kappa shape index (κ3) is 4.33. The van der Waals surface area contributed by atoms with Crippen LogP contribution in [0.5, 0.6) is 5.88 Å². The van der Waals surface area contributed by atoms with Crippen LogP contribution < -0.4 is 20.3 Å². The minimum absolute atomic E-state index is 0.655. The highest BCUT2D eigenvalue weighted by molar-refractivity contribution is 6.04. The SMILES string of the molecule is C=C1CCN(c2cnc3c(c2C)NCCO3)C/C1=C/C(=NC)Nc1ccc2c(c1)CN(C)C2. The minimum Gasteiger partial charge on any atom is -0.474 e. The van der Waals surface area contributed by atoms with Gasteiger partial charge in [0, 0.05) is 51.0 Å².